The number of aryl methyl sites for hydroxylation is 1. The summed E-state index contributed by atoms with van der Waals surface area (Å²) < 4.78 is 9.35. The molecule has 0 amide bonds. The summed E-state index contributed by atoms with van der Waals surface area (Å²) in [6, 6.07) is 25.5. The highest BCUT2D eigenvalue weighted by atomic mass is 16.5. The van der Waals surface area contributed by atoms with E-state index in [0.717, 1.165) is 22.2 Å². The zero-order valence-corrected chi connectivity index (χ0v) is 17.3. The number of imidazole rings is 1. The largest absolute Gasteiger partial charge is 0.386 e. The van der Waals surface area contributed by atoms with E-state index in [4.69, 9.17) is 10.1 Å². The number of nitrogens with one attached hydrogen (secondary N) is 1. The van der Waals surface area contributed by atoms with E-state index in [1.807, 2.05) is 63.7 Å². The molecule has 1 heterocycles. The third kappa shape index (κ3) is 3.82. The highest BCUT2D eigenvalue weighted by Gasteiger charge is 2.26. The normalized spacial score (nSPS) is 13.4. The third-order valence-electron chi connectivity index (χ3n) is 5.55. The Hall–Kier alpha value is -3.15. The Morgan fingerprint density at radius 3 is 2.20 bits per heavy atom. The molecule has 0 spiro atoms. The molecule has 30 heavy (non-hydrogen) atoms. The Balaban J connectivity index is 1.84. The lowest BCUT2D eigenvalue weighted by Gasteiger charge is -2.25. The summed E-state index contributed by atoms with van der Waals surface area (Å²) in [6.45, 7) is 2.96. The Labute approximate surface area is 176 Å². The van der Waals surface area contributed by atoms with Gasteiger partial charge in [0.05, 0.1) is 30.2 Å². The SMILES string of the molecule is COCC(C(O)c1ccccc1)n1c(=N)n(Cc2ccc(C)cc2)c2ccccc21. The van der Waals surface area contributed by atoms with Crippen molar-refractivity contribution in [3.63, 3.8) is 0 Å². The molecule has 0 saturated heterocycles. The van der Waals surface area contributed by atoms with Crippen molar-refractivity contribution >= 4 is 11.0 Å². The number of nitrogens with zero attached hydrogens (tertiary/aromatic N) is 2. The smallest absolute Gasteiger partial charge is 0.203 e. The molecule has 0 bridgehead atoms. The minimum absolute atomic E-state index is 0.297. The van der Waals surface area contributed by atoms with Gasteiger partial charge in [-0.25, -0.2) is 0 Å². The molecule has 154 valence electrons. The van der Waals surface area contributed by atoms with E-state index in [1.54, 1.807) is 7.11 Å². The summed E-state index contributed by atoms with van der Waals surface area (Å²) in [5, 5.41) is 20.2. The molecule has 1 aromatic heterocycles. The van der Waals surface area contributed by atoms with Crippen molar-refractivity contribution in [1.82, 2.24) is 9.13 Å². The Bertz CT molecular complexity index is 1180. The number of rotatable bonds is 7. The quantitative estimate of drug-likeness (QED) is 0.487. The van der Waals surface area contributed by atoms with Gasteiger partial charge in [0.1, 0.15) is 6.10 Å². The molecule has 0 aliphatic carbocycles. The van der Waals surface area contributed by atoms with Gasteiger partial charge in [-0.2, -0.15) is 0 Å². The van der Waals surface area contributed by atoms with Gasteiger partial charge in [0.2, 0.25) is 5.62 Å². The van der Waals surface area contributed by atoms with Crippen molar-refractivity contribution < 1.29 is 9.84 Å². The van der Waals surface area contributed by atoms with Crippen molar-refractivity contribution in [2.45, 2.75) is 25.6 Å². The van der Waals surface area contributed by atoms with Crippen LogP contribution in [-0.4, -0.2) is 28.0 Å². The summed E-state index contributed by atoms with van der Waals surface area (Å²) >= 11 is 0. The second kappa shape index (κ2) is 8.69. The second-order valence-corrected chi connectivity index (χ2v) is 7.63. The van der Waals surface area contributed by atoms with Gasteiger partial charge < -0.3 is 19.0 Å². The number of benzene rings is 3. The highest BCUT2D eigenvalue weighted by Crippen LogP contribution is 2.29. The van der Waals surface area contributed by atoms with E-state index in [1.165, 1.54) is 5.56 Å². The number of para-hydroxylation sites is 2. The molecule has 0 aliphatic rings. The van der Waals surface area contributed by atoms with Crippen LogP contribution in [0.4, 0.5) is 0 Å². The average molecular weight is 402 g/mol. The summed E-state index contributed by atoms with van der Waals surface area (Å²) in [4.78, 5) is 0. The zero-order chi connectivity index (χ0) is 21.1. The minimum atomic E-state index is -0.793. The number of aliphatic hydroxyl groups is 1. The fourth-order valence-corrected chi connectivity index (χ4v) is 3.98. The number of ether oxygens (including phenoxy) is 1. The standard InChI is InChI=1S/C25H27N3O2/c1-18-12-14-19(15-13-18)16-27-21-10-6-7-11-22(21)28(25(27)26)23(17-30-2)24(29)20-8-4-3-5-9-20/h3-15,23-24,26,29H,16-17H2,1-2H3. The van der Waals surface area contributed by atoms with Crippen molar-refractivity contribution in [3.8, 4) is 0 Å². The molecule has 2 unspecified atom stereocenters. The fourth-order valence-electron chi connectivity index (χ4n) is 3.98. The molecular formula is C25H27N3O2. The van der Waals surface area contributed by atoms with Crippen molar-refractivity contribution in [1.29, 1.82) is 5.41 Å². The van der Waals surface area contributed by atoms with Crippen LogP contribution in [0.25, 0.3) is 11.0 Å². The van der Waals surface area contributed by atoms with Crippen LogP contribution in [0, 0.1) is 12.3 Å². The first kappa shape index (κ1) is 20.1. The number of hydrogen-bond acceptors (Lipinski definition) is 3. The zero-order valence-electron chi connectivity index (χ0n) is 17.3. The molecule has 2 N–H and O–H groups in total. The van der Waals surface area contributed by atoms with Gasteiger partial charge in [0.25, 0.3) is 0 Å². The van der Waals surface area contributed by atoms with E-state index in [9.17, 15) is 5.11 Å². The molecule has 5 heteroatoms. The lowest BCUT2D eigenvalue weighted by atomic mass is 10.0. The lowest BCUT2D eigenvalue weighted by Crippen LogP contribution is -2.33. The van der Waals surface area contributed by atoms with E-state index in [2.05, 4.69) is 31.2 Å². The van der Waals surface area contributed by atoms with Crippen LogP contribution in [0.15, 0.2) is 78.9 Å². The predicted molar refractivity (Wildman–Crippen MR) is 118 cm³/mol. The van der Waals surface area contributed by atoms with Crippen LogP contribution in [-0.2, 0) is 11.3 Å². The molecule has 0 aliphatic heterocycles. The molecular weight excluding hydrogens is 374 g/mol. The molecule has 2 atom stereocenters. The van der Waals surface area contributed by atoms with E-state index < -0.39 is 12.1 Å². The predicted octanol–water partition coefficient (Wildman–Crippen LogP) is 4.20. The van der Waals surface area contributed by atoms with Gasteiger partial charge in [0, 0.05) is 7.11 Å². The van der Waals surface area contributed by atoms with Gasteiger partial charge in [-0.15, -0.1) is 0 Å². The minimum Gasteiger partial charge on any atom is -0.386 e. The number of methoxy groups -OCH3 is 1. The molecule has 3 aromatic carbocycles. The van der Waals surface area contributed by atoms with Crippen LogP contribution in [0.5, 0.6) is 0 Å². The number of aromatic nitrogens is 2. The Morgan fingerprint density at radius 2 is 1.53 bits per heavy atom. The molecule has 4 aromatic rings. The maximum Gasteiger partial charge on any atom is 0.203 e. The molecule has 5 nitrogen and oxygen atoms in total. The van der Waals surface area contributed by atoms with Crippen LogP contribution >= 0.6 is 0 Å². The Morgan fingerprint density at radius 1 is 0.900 bits per heavy atom. The topological polar surface area (TPSA) is 63.2 Å². The van der Waals surface area contributed by atoms with E-state index in [-0.39, 0.29) is 0 Å². The van der Waals surface area contributed by atoms with Crippen molar-refractivity contribution in [3.05, 3.63) is 101 Å². The lowest BCUT2D eigenvalue weighted by molar-refractivity contribution is 0.0527. The number of fused-ring (bicyclic) bond motifs is 1. The average Bonchev–Trinajstić information content (AvgIpc) is 3.05. The van der Waals surface area contributed by atoms with Crippen LogP contribution in [0.1, 0.15) is 28.8 Å². The molecule has 0 fully saturated rings. The number of aliphatic hydroxyl groups excluding tert-OH is 1. The summed E-state index contributed by atoms with van der Waals surface area (Å²) in [5.41, 5.74) is 5.36. The molecule has 4 rings (SSSR count). The van der Waals surface area contributed by atoms with Crippen LogP contribution in [0.2, 0.25) is 0 Å². The van der Waals surface area contributed by atoms with E-state index >= 15 is 0 Å². The van der Waals surface area contributed by atoms with Crippen LogP contribution < -0.4 is 5.62 Å². The van der Waals surface area contributed by atoms with Gasteiger partial charge >= 0.3 is 0 Å². The summed E-state index contributed by atoms with van der Waals surface area (Å²) in [6.07, 6.45) is -0.793. The molecule has 0 saturated carbocycles. The highest BCUT2D eigenvalue weighted by molar-refractivity contribution is 5.76. The Kier molecular flexibility index (Phi) is 5.84. The van der Waals surface area contributed by atoms with Gasteiger partial charge in [-0.1, -0.05) is 72.3 Å². The van der Waals surface area contributed by atoms with Crippen molar-refractivity contribution in [2.24, 2.45) is 0 Å². The fraction of sp³-hybridized carbons (Fsp3) is 0.240. The van der Waals surface area contributed by atoms with Gasteiger partial charge in [0.15, 0.2) is 0 Å². The first-order chi connectivity index (χ1) is 14.6. The third-order valence-corrected chi connectivity index (χ3v) is 5.55. The first-order valence-electron chi connectivity index (χ1n) is 10.1. The molecule has 0 radical (unpaired) electrons. The monoisotopic (exact) mass is 401 g/mol. The second-order valence-electron chi connectivity index (χ2n) is 7.63. The van der Waals surface area contributed by atoms with E-state index in [0.29, 0.717) is 18.8 Å². The maximum atomic E-state index is 11.2. The van der Waals surface area contributed by atoms with Gasteiger partial charge in [-0.05, 0) is 30.2 Å². The number of hydrogen-bond donors (Lipinski definition) is 2. The van der Waals surface area contributed by atoms with Gasteiger partial charge in [-0.3, -0.25) is 5.41 Å². The van der Waals surface area contributed by atoms with Crippen molar-refractivity contribution in [2.75, 3.05) is 13.7 Å². The van der Waals surface area contributed by atoms with Crippen LogP contribution in [0.3, 0.4) is 0 Å². The summed E-state index contributed by atoms with van der Waals surface area (Å²) in [7, 11) is 1.63. The first-order valence-corrected chi connectivity index (χ1v) is 10.1. The summed E-state index contributed by atoms with van der Waals surface area (Å²) in [5.74, 6) is 0. The maximum absolute atomic E-state index is 11.2.